The van der Waals surface area contributed by atoms with Gasteiger partial charge < -0.3 is 9.71 Å². The molecule has 0 atom stereocenters. The van der Waals surface area contributed by atoms with Gasteiger partial charge in [-0.15, -0.1) is 11.3 Å². The minimum absolute atomic E-state index is 0.0346. The normalized spacial score (nSPS) is 16.8. The summed E-state index contributed by atoms with van der Waals surface area (Å²) in [5, 5.41) is 2.73. The Morgan fingerprint density at radius 3 is 1.97 bits per heavy atom. The average Bonchev–Trinajstić information content (AvgIpc) is 3.70. The second kappa shape index (κ2) is 14.1. The van der Waals surface area contributed by atoms with Crippen LogP contribution in [-0.2, 0) is 21.7 Å². The lowest BCUT2D eigenvalue weighted by Crippen LogP contribution is -2.63. The molecule has 0 saturated carbocycles. The quantitative estimate of drug-likeness (QED) is 0.163. The van der Waals surface area contributed by atoms with Gasteiger partial charge in [-0.3, -0.25) is 0 Å². The van der Waals surface area contributed by atoms with E-state index >= 15 is 0 Å². The molecular formula is C64H59BN2S. The van der Waals surface area contributed by atoms with Crippen LogP contribution in [0.2, 0.25) is 0 Å². The van der Waals surface area contributed by atoms with Crippen molar-refractivity contribution in [3.8, 4) is 33.4 Å². The number of hydrogen-bond acceptors (Lipinski definition) is 3. The highest BCUT2D eigenvalue weighted by atomic mass is 32.1. The fourth-order valence-corrected chi connectivity index (χ4v) is 14.1. The van der Waals surface area contributed by atoms with E-state index in [4.69, 9.17) is 0 Å². The third-order valence-electron chi connectivity index (χ3n) is 16.8. The molecule has 0 amide bonds. The van der Waals surface area contributed by atoms with Crippen LogP contribution in [0.15, 0.2) is 152 Å². The smallest absolute Gasteiger partial charge is 0.333 e. The van der Waals surface area contributed by atoms with Gasteiger partial charge in [-0.25, -0.2) is 0 Å². The van der Waals surface area contributed by atoms with Crippen molar-refractivity contribution < 1.29 is 0 Å². The van der Waals surface area contributed by atoms with Crippen molar-refractivity contribution in [3.05, 3.63) is 185 Å². The third-order valence-corrected chi connectivity index (χ3v) is 18.0. The molecule has 2 nitrogen and oxygen atoms in total. The van der Waals surface area contributed by atoms with E-state index in [-0.39, 0.29) is 28.5 Å². The molecular weight excluding hydrogens is 840 g/mol. The number of nitrogens with zero attached hydrogens (tertiary/aromatic N) is 2. The molecule has 68 heavy (non-hydrogen) atoms. The SMILES string of the molecule is Cc1ccccc1-c1cc2c3c(c1)N(c1ccc(C(C)(C)C)cc1-c1ccccc1)c1c(ccc4c1sc1cc5c(cc14)C(C)(C)CCC5(C)C)B3N1c3ccccc3C(C)(C)c3cccc-2c31. The van der Waals surface area contributed by atoms with Gasteiger partial charge in [-0.2, -0.15) is 0 Å². The maximum Gasteiger partial charge on any atom is 0.333 e. The van der Waals surface area contributed by atoms with Crippen molar-refractivity contribution >= 4 is 77.7 Å². The van der Waals surface area contributed by atoms with Crippen LogP contribution < -0.4 is 20.6 Å². The van der Waals surface area contributed by atoms with Crippen molar-refractivity contribution in [2.24, 2.45) is 0 Å². The van der Waals surface area contributed by atoms with Gasteiger partial charge in [0.05, 0.1) is 16.1 Å². The van der Waals surface area contributed by atoms with E-state index in [1.54, 1.807) is 0 Å². The molecule has 1 aliphatic carbocycles. The predicted molar refractivity (Wildman–Crippen MR) is 295 cm³/mol. The number of benzene rings is 8. The minimum atomic E-state index is -0.189. The number of thiophene rings is 1. The predicted octanol–water partition coefficient (Wildman–Crippen LogP) is 16.7. The minimum Gasteiger partial charge on any atom is -0.376 e. The summed E-state index contributed by atoms with van der Waals surface area (Å²) in [5.74, 6) is 0. The average molecular weight is 899 g/mol. The summed E-state index contributed by atoms with van der Waals surface area (Å²) < 4.78 is 2.73. The summed E-state index contributed by atoms with van der Waals surface area (Å²) >= 11 is 2.01. The van der Waals surface area contributed by atoms with Gasteiger partial charge in [0.2, 0.25) is 0 Å². The molecule has 0 N–H and O–H groups in total. The monoisotopic (exact) mass is 898 g/mol. The maximum absolute atomic E-state index is 2.75. The zero-order valence-corrected chi connectivity index (χ0v) is 42.0. The first-order valence-electron chi connectivity index (χ1n) is 24.8. The Morgan fingerprint density at radius 1 is 0.515 bits per heavy atom. The Morgan fingerprint density at radius 2 is 1.21 bits per heavy atom. The van der Waals surface area contributed by atoms with E-state index in [9.17, 15) is 0 Å². The molecule has 0 unspecified atom stereocenters. The van der Waals surface area contributed by atoms with Crippen LogP contribution in [0.5, 0.6) is 0 Å². The van der Waals surface area contributed by atoms with Gasteiger partial charge in [0.1, 0.15) is 0 Å². The first kappa shape index (κ1) is 41.8. The number of fused-ring (bicyclic) bond motifs is 11. The van der Waals surface area contributed by atoms with Crippen molar-refractivity contribution in [1.82, 2.24) is 0 Å². The molecule has 4 heterocycles. The van der Waals surface area contributed by atoms with Gasteiger partial charge in [0.25, 0.3) is 0 Å². The number of hydrogen-bond donors (Lipinski definition) is 0. The van der Waals surface area contributed by atoms with E-state index in [0.717, 1.165) is 0 Å². The highest BCUT2D eigenvalue weighted by Gasteiger charge is 2.51. The fourth-order valence-electron chi connectivity index (χ4n) is 12.8. The van der Waals surface area contributed by atoms with E-state index in [1.165, 1.54) is 139 Å². The lowest BCUT2D eigenvalue weighted by molar-refractivity contribution is 0.332. The Labute approximate surface area is 407 Å². The van der Waals surface area contributed by atoms with Crippen molar-refractivity contribution in [1.29, 1.82) is 0 Å². The van der Waals surface area contributed by atoms with Gasteiger partial charge in [-0.1, -0.05) is 172 Å². The number of anilines is 5. The Hall–Kier alpha value is -6.36. The fraction of sp³-hybridized carbons (Fsp3) is 0.250. The summed E-state index contributed by atoms with van der Waals surface area (Å²) in [6, 6.07) is 59.1. The summed E-state index contributed by atoms with van der Waals surface area (Å²) in [6.07, 6.45) is 2.39. The maximum atomic E-state index is 2.75. The highest BCUT2D eigenvalue weighted by molar-refractivity contribution is 7.26. The highest BCUT2D eigenvalue weighted by Crippen LogP contribution is 2.58. The Balaban J connectivity index is 1.22. The topological polar surface area (TPSA) is 6.48 Å². The van der Waals surface area contributed by atoms with Crippen LogP contribution >= 0.6 is 11.3 Å². The zero-order chi connectivity index (χ0) is 46.8. The second-order valence-corrected chi connectivity index (χ2v) is 24.3. The molecule has 4 aliphatic rings. The van der Waals surface area contributed by atoms with Gasteiger partial charge in [-0.05, 0) is 145 Å². The number of rotatable bonds is 3. The van der Waals surface area contributed by atoms with Crippen molar-refractivity contribution in [2.75, 3.05) is 9.71 Å². The van der Waals surface area contributed by atoms with E-state index in [0.29, 0.717) is 0 Å². The van der Waals surface area contributed by atoms with E-state index in [2.05, 4.69) is 231 Å². The molecule has 9 aromatic rings. The second-order valence-electron chi connectivity index (χ2n) is 23.2. The largest absolute Gasteiger partial charge is 0.376 e. The zero-order valence-electron chi connectivity index (χ0n) is 41.2. The molecule has 1 aromatic heterocycles. The van der Waals surface area contributed by atoms with Crippen molar-refractivity contribution in [3.63, 3.8) is 0 Å². The Bertz CT molecular complexity index is 3620. The molecule has 334 valence electrons. The summed E-state index contributed by atoms with van der Waals surface area (Å²) in [6.45, 7) is 23.9. The Kier molecular flexibility index (Phi) is 8.68. The van der Waals surface area contributed by atoms with E-state index < -0.39 is 0 Å². The summed E-state index contributed by atoms with van der Waals surface area (Å²) in [4.78, 5) is 5.48. The standard InChI is InChI=1S/C64H59BN2S/c1-38-19-14-15-22-42(38)40-33-47-43-23-18-25-49-58(43)67(54-26-17-16-24-48(54)64(49,9)10)65-52-29-28-44-46-36-50-51(63(7,8)32-31-62(50,5)6)37-56(46)68-60(44)59(52)66(55(34-40)57(47)65)53-30-27-41(61(2,3)4)35-45(53)39-20-12-11-13-21-39/h11-30,33-37H,31-32H2,1-10H3. The molecule has 3 aliphatic heterocycles. The third kappa shape index (κ3) is 5.76. The van der Waals surface area contributed by atoms with Crippen LogP contribution in [-0.4, -0.2) is 6.85 Å². The molecule has 0 bridgehead atoms. The number of para-hydroxylation sites is 2. The van der Waals surface area contributed by atoms with Gasteiger partial charge >= 0.3 is 6.85 Å². The van der Waals surface area contributed by atoms with Crippen LogP contribution in [0.3, 0.4) is 0 Å². The molecule has 13 rings (SSSR count). The molecule has 0 fully saturated rings. The number of aryl methyl sites for hydroxylation is 1. The van der Waals surface area contributed by atoms with E-state index in [1.807, 2.05) is 11.3 Å². The molecule has 8 aromatic carbocycles. The van der Waals surface area contributed by atoms with Crippen LogP contribution in [0.25, 0.3) is 53.6 Å². The first-order chi connectivity index (χ1) is 32.5. The molecule has 4 heteroatoms. The lowest BCUT2D eigenvalue weighted by atomic mass is 9.42. The van der Waals surface area contributed by atoms with Crippen LogP contribution in [0, 0.1) is 6.92 Å². The van der Waals surface area contributed by atoms with Crippen LogP contribution in [0.1, 0.15) is 109 Å². The first-order valence-corrected chi connectivity index (χ1v) is 25.7. The van der Waals surface area contributed by atoms with Gasteiger partial charge in [0, 0.05) is 49.1 Å². The van der Waals surface area contributed by atoms with Crippen molar-refractivity contribution in [2.45, 2.75) is 104 Å². The van der Waals surface area contributed by atoms with Crippen LogP contribution in [0.4, 0.5) is 28.4 Å². The summed E-state index contributed by atoms with van der Waals surface area (Å²) in [7, 11) is 0. The molecule has 0 radical (unpaired) electrons. The lowest BCUT2D eigenvalue weighted by Gasteiger charge is -2.51. The molecule has 0 saturated heterocycles. The molecule has 0 spiro atoms. The van der Waals surface area contributed by atoms with Gasteiger partial charge in [0.15, 0.2) is 0 Å². The summed E-state index contributed by atoms with van der Waals surface area (Å²) in [5.41, 5.74) is 25.1.